The van der Waals surface area contributed by atoms with Gasteiger partial charge in [0.25, 0.3) is 0 Å². The Labute approximate surface area is 131 Å². The molecule has 1 aliphatic rings. The fourth-order valence-corrected chi connectivity index (χ4v) is 3.25. The number of benzene rings is 3. The number of hydrogen-bond donors (Lipinski definition) is 0. The highest BCUT2D eigenvalue weighted by atomic mass is 14.3. The zero-order valence-electron chi connectivity index (χ0n) is 12.9. The Morgan fingerprint density at radius 1 is 0.591 bits per heavy atom. The normalized spacial score (nSPS) is 12.0. The van der Waals surface area contributed by atoms with Crippen molar-refractivity contribution < 1.29 is 0 Å². The molecule has 0 heteroatoms. The summed E-state index contributed by atoms with van der Waals surface area (Å²) >= 11 is 0. The van der Waals surface area contributed by atoms with Crippen LogP contribution >= 0.6 is 0 Å². The predicted molar refractivity (Wildman–Crippen MR) is 94.8 cm³/mol. The van der Waals surface area contributed by atoms with Crippen LogP contribution in [-0.2, 0) is 0 Å². The van der Waals surface area contributed by atoms with E-state index in [4.69, 9.17) is 0 Å². The van der Waals surface area contributed by atoms with Gasteiger partial charge in [0.05, 0.1) is 0 Å². The predicted octanol–water partition coefficient (Wildman–Crippen LogP) is 5.87. The van der Waals surface area contributed by atoms with E-state index in [1.165, 1.54) is 44.5 Å². The summed E-state index contributed by atoms with van der Waals surface area (Å²) in [5.74, 6) is 0. The largest absolute Gasteiger partial charge is 0.0622 e. The van der Waals surface area contributed by atoms with E-state index in [1.54, 1.807) is 0 Å². The van der Waals surface area contributed by atoms with Gasteiger partial charge in [-0.05, 0) is 53.3 Å². The van der Waals surface area contributed by atoms with Crippen LogP contribution in [0.3, 0.4) is 0 Å². The third-order valence-corrected chi connectivity index (χ3v) is 4.33. The lowest BCUT2D eigenvalue weighted by Gasteiger charge is -2.04. The molecule has 3 aromatic carbocycles. The summed E-state index contributed by atoms with van der Waals surface area (Å²) in [5.41, 5.74) is 10.6. The molecule has 4 rings (SSSR count). The van der Waals surface area contributed by atoms with Crippen LogP contribution in [0.2, 0.25) is 0 Å². The van der Waals surface area contributed by atoms with Gasteiger partial charge in [0.1, 0.15) is 0 Å². The molecule has 0 fully saturated rings. The molecule has 0 aliphatic heterocycles. The van der Waals surface area contributed by atoms with E-state index in [0.29, 0.717) is 0 Å². The monoisotopic (exact) mass is 282 g/mol. The average Bonchev–Trinajstić information content (AvgIpc) is 2.81. The van der Waals surface area contributed by atoms with E-state index in [1.807, 2.05) is 0 Å². The van der Waals surface area contributed by atoms with Crippen LogP contribution in [0.15, 0.2) is 66.7 Å². The summed E-state index contributed by atoms with van der Waals surface area (Å²) in [5, 5.41) is 0. The van der Waals surface area contributed by atoms with Crippen molar-refractivity contribution in [1.29, 1.82) is 0 Å². The Kier molecular flexibility index (Phi) is 2.97. The summed E-state index contributed by atoms with van der Waals surface area (Å²) in [4.78, 5) is 0. The molecule has 0 spiro atoms. The maximum Gasteiger partial charge on any atom is -0.00930 e. The van der Waals surface area contributed by atoms with Gasteiger partial charge in [-0.15, -0.1) is 0 Å². The second kappa shape index (κ2) is 4.99. The first-order chi connectivity index (χ1) is 10.7. The molecule has 0 aromatic heterocycles. The van der Waals surface area contributed by atoms with Crippen molar-refractivity contribution >= 4 is 11.6 Å². The van der Waals surface area contributed by atoms with Crippen molar-refractivity contribution in [2.45, 2.75) is 13.8 Å². The molecular formula is C22H18. The van der Waals surface area contributed by atoms with Crippen molar-refractivity contribution in [2.75, 3.05) is 0 Å². The fraction of sp³-hybridized carbons (Fsp3) is 0.0909. The summed E-state index contributed by atoms with van der Waals surface area (Å²) < 4.78 is 0. The molecule has 0 heterocycles. The lowest BCUT2D eigenvalue weighted by Crippen LogP contribution is -1.82. The van der Waals surface area contributed by atoms with Crippen LogP contribution in [0, 0.1) is 13.8 Å². The molecule has 1 aliphatic carbocycles. The molecule has 0 atom stereocenters. The van der Waals surface area contributed by atoms with Crippen molar-refractivity contribution in [3.8, 4) is 11.1 Å². The third-order valence-electron chi connectivity index (χ3n) is 4.33. The minimum absolute atomic E-state index is 1.25. The summed E-state index contributed by atoms with van der Waals surface area (Å²) in [6.07, 6.45) is 2.30. The maximum absolute atomic E-state index is 2.30. The number of hydrogen-bond acceptors (Lipinski definition) is 0. The first-order valence-corrected chi connectivity index (χ1v) is 7.71. The molecule has 106 valence electrons. The first-order valence-electron chi connectivity index (χ1n) is 7.71. The zero-order valence-corrected chi connectivity index (χ0v) is 12.9. The van der Waals surface area contributed by atoms with Crippen molar-refractivity contribution in [2.24, 2.45) is 0 Å². The molecule has 3 aromatic rings. The molecular weight excluding hydrogens is 264 g/mol. The molecule has 0 N–H and O–H groups in total. The lowest BCUT2D eigenvalue weighted by atomic mass is 10.0. The van der Waals surface area contributed by atoms with Gasteiger partial charge in [-0.3, -0.25) is 0 Å². The molecule has 0 unspecified atom stereocenters. The zero-order chi connectivity index (χ0) is 15.1. The smallest absolute Gasteiger partial charge is 0.00930 e. The number of fused-ring (bicyclic) bond motifs is 3. The minimum atomic E-state index is 1.25. The molecule has 0 bridgehead atoms. The Balaban J connectivity index is 2.00. The summed E-state index contributed by atoms with van der Waals surface area (Å²) in [7, 11) is 0. The van der Waals surface area contributed by atoms with Gasteiger partial charge in [-0.1, -0.05) is 77.9 Å². The molecule has 0 radical (unpaired) electrons. The quantitative estimate of drug-likeness (QED) is 0.409. The van der Waals surface area contributed by atoms with Gasteiger partial charge in [-0.2, -0.15) is 0 Å². The van der Waals surface area contributed by atoms with Gasteiger partial charge in [0.15, 0.2) is 0 Å². The van der Waals surface area contributed by atoms with Crippen LogP contribution in [0.4, 0.5) is 0 Å². The van der Waals surface area contributed by atoms with Crippen molar-refractivity contribution in [3.05, 3.63) is 94.5 Å². The summed E-state index contributed by atoms with van der Waals surface area (Å²) in [6, 6.07) is 24.1. The Hall–Kier alpha value is -2.60. The van der Waals surface area contributed by atoms with E-state index in [-0.39, 0.29) is 0 Å². The van der Waals surface area contributed by atoms with Gasteiger partial charge >= 0.3 is 0 Å². The van der Waals surface area contributed by atoms with Crippen LogP contribution in [-0.4, -0.2) is 0 Å². The molecule has 0 saturated carbocycles. The van der Waals surface area contributed by atoms with Gasteiger partial charge in [0, 0.05) is 0 Å². The maximum atomic E-state index is 2.30. The highest BCUT2D eigenvalue weighted by Crippen LogP contribution is 2.45. The van der Waals surface area contributed by atoms with E-state index >= 15 is 0 Å². The Morgan fingerprint density at radius 3 is 1.68 bits per heavy atom. The van der Waals surface area contributed by atoms with E-state index in [9.17, 15) is 0 Å². The van der Waals surface area contributed by atoms with E-state index in [2.05, 4.69) is 86.7 Å². The summed E-state index contributed by atoms with van der Waals surface area (Å²) in [6.45, 7) is 4.32. The van der Waals surface area contributed by atoms with Crippen molar-refractivity contribution in [3.63, 3.8) is 0 Å². The van der Waals surface area contributed by atoms with Gasteiger partial charge in [0.2, 0.25) is 0 Å². The van der Waals surface area contributed by atoms with E-state index in [0.717, 1.165) is 0 Å². The molecule has 0 saturated heterocycles. The van der Waals surface area contributed by atoms with E-state index < -0.39 is 0 Å². The highest BCUT2D eigenvalue weighted by molar-refractivity contribution is 6.06. The topological polar surface area (TPSA) is 0 Å². The Bertz CT molecular complexity index is 830. The van der Waals surface area contributed by atoms with Gasteiger partial charge < -0.3 is 0 Å². The van der Waals surface area contributed by atoms with Crippen LogP contribution in [0.5, 0.6) is 0 Å². The molecule has 0 nitrogen and oxygen atoms in total. The highest BCUT2D eigenvalue weighted by Gasteiger charge is 2.23. The average molecular weight is 282 g/mol. The third kappa shape index (κ3) is 2.08. The first kappa shape index (κ1) is 13.1. The standard InChI is InChI=1S/C22H18/c1-15-8-10-18-20(12-15)21-13-16(2)9-11-19(21)22(18)14-17-6-4-3-5-7-17/h3-14H,1-2H3. The van der Waals surface area contributed by atoms with Crippen LogP contribution < -0.4 is 0 Å². The van der Waals surface area contributed by atoms with Crippen LogP contribution in [0.25, 0.3) is 22.8 Å². The minimum Gasteiger partial charge on any atom is -0.0622 e. The Morgan fingerprint density at radius 2 is 1.14 bits per heavy atom. The number of aryl methyl sites for hydroxylation is 2. The molecule has 0 amide bonds. The van der Waals surface area contributed by atoms with Crippen LogP contribution in [0.1, 0.15) is 27.8 Å². The second-order valence-corrected chi connectivity index (χ2v) is 6.07. The van der Waals surface area contributed by atoms with Crippen molar-refractivity contribution in [1.82, 2.24) is 0 Å². The SMILES string of the molecule is Cc1ccc2c(c1)-c1cc(C)ccc1C2=Cc1ccccc1. The lowest BCUT2D eigenvalue weighted by molar-refractivity contribution is 1.45. The van der Waals surface area contributed by atoms with Gasteiger partial charge in [-0.25, -0.2) is 0 Å². The fourth-order valence-electron chi connectivity index (χ4n) is 3.25. The second-order valence-electron chi connectivity index (χ2n) is 6.07. The number of rotatable bonds is 1. The molecule has 22 heavy (non-hydrogen) atoms.